The molecule has 15 heavy (non-hydrogen) atoms. The van der Waals surface area contributed by atoms with E-state index in [1.165, 1.54) is 13.2 Å². The molecule has 0 atom stereocenters. The fourth-order valence-corrected chi connectivity index (χ4v) is 1.19. The molecule has 0 radical (unpaired) electrons. The van der Waals surface area contributed by atoms with Crippen molar-refractivity contribution in [3.8, 4) is 12.3 Å². The van der Waals surface area contributed by atoms with Crippen LogP contribution in [0.1, 0.15) is 5.56 Å². The first-order chi connectivity index (χ1) is 7.10. The molecule has 0 saturated carbocycles. The largest absolute Gasteiger partial charge is 0.452 e. The number of carbonyl (C=O) groups excluding carboxylic acids is 1. The van der Waals surface area contributed by atoms with Crippen LogP contribution in [0, 0.1) is 12.3 Å². The molecule has 0 aliphatic carbocycles. The van der Waals surface area contributed by atoms with Gasteiger partial charge in [0.25, 0.3) is 0 Å². The molecular formula is C10H9ClN2O2. The van der Waals surface area contributed by atoms with E-state index < -0.39 is 6.09 Å². The molecule has 1 amide bonds. The molecule has 2 N–H and O–H groups in total. The van der Waals surface area contributed by atoms with E-state index in [0.717, 1.165) is 5.01 Å². The normalized spacial score (nSPS) is 9.20. The molecule has 0 fully saturated rings. The number of halogens is 1. The summed E-state index contributed by atoms with van der Waals surface area (Å²) in [6.07, 6.45) is 4.49. The van der Waals surface area contributed by atoms with Gasteiger partial charge in [0.1, 0.15) is 0 Å². The van der Waals surface area contributed by atoms with E-state index in [2.05, 4.69) is 10.7 Å². The predicted molar refractivity (Wildman–Crippen MR) is 58.5 cm³/mol. The van der Waals surface area contributed by atoms with Crippen molar-refractivity contribution in [1.82, 2.24) is 0 Å². The Morgan fingerprint density at radius 2 is 2.33 bits per heavy atom. The van der Waals surface area contributed by atoms with Gasteiger partial charge in [-0.3, -0.25) is 0 Å². The van der Waals surface area contributed by atoms with Gasteiger partial charge in [0, 0.05) is 5.56 Å². The van der Waals surface area contributed by atoms with E-state index >= 15 is 0 Å². The number of nitrogens with zero attached hydrogens (tertiary/aromatic N) is 1. The second kappa shape index (κ2) is 4.69. The average molecular weight is 225 g/mol. The molecule has 1 aromatic rings. The summed E-state index contributed by atoms with van der Waals surface area (Å²) in [5.74, 6) is 7.89. The smallest absolute Gasteiger partial charge is 0.428 e. The zero-order chi connectivity index (χ0) is 11.4. The Balaban J connectivity index is 3.13. The van der Waals surface area contributed by atoms with Crippen LogP contribution in [0.25, 0.3) is 0 Å². The molecule has 5 heteroatoms. The van der Waals surface area contributed by atoms with Crippen molar-refractivity contribution in [2.24, 2.45) is 5.84 Å². The van der Waals surface area contributed by atoms with E-state index in [0.29, 0.717) is 16.3 Å². The number of terminal acetylenes is 1. The van der Waals surface area contributed by atoms with E-state index in [9.17, 15) is 4.79 Å². The van der Waals surface area contributed by atoms with Gasteiger partial charge in [-0.2, -0.15) is 0 Å². The van der Waals surface area contributed by atoms with Crippen LogP contribution < -0.4 is 10.9 Å². The number of anilines is 1. The lowest BCUT2D eigenvalue weighted by Gasteiger charge is -2.16. The van der Waals surface area contributed by atoms with E-state index in [1.54, 1.807) is 12.1 Å². The van der Waals surface area contributed by atoms with Gasteiger partial charge in [-0.15, -0.1) is 6.42 Å². The fraction of sp³-hybridized carbons (Fsp3) is 0.100. The third-order valence-electron chi connectivity index (χ3n) is 1.74. The minimum Gasteiger partial charge on any atom is -0.452 e. The zero-order valence-electron chi connectivity index (χ0n) is 8.03. The molecule has 0 aromatic heterocycles. The lowest BCUT2D eigenvalue weighted by molar-refractivity contribution is 0.178. The molecule has 0 heterocycles. The number of benzene rings is 1. The Kier molecular flexibility index (Phi) is 3.56. The van der Waals surface area contributed by atoms with E-state index in [-0.39, 0.29) is 0 Å². The van der Waals surface area contributed by atoms with Crippen molar-refractivity contribution in [3.63, 3.8) is 0 Å². The van der Waals surface area contributed by atoms with Crippen LogP contribution in [0.3, 0.4) is 0 Å². The van der Waals surface area contributed by atoms with Crippen LogP contribution in [-0.4, -0.2) is 13.2 Å². The average Bonchev–Trinajstić information content (AvgIpc) is 2.27. The molecular weight excluding hydrogens is 216 g/mol. The molecule has 0 aliphatic heterocycles. The Bertz CT molecular complexity index is 426. The van der Waals surface area contributed by atoms with Crippen molar-refractivity contribution < 1.29 is 9.53 Å². The maximum Gasteiger partial charge on any atom is 0.428 e. The summed E-state index contributed by atoms with van der Waals surface area (Å²) in [5, 5.41) is 1.12. The van der Waals surface area contributed by atoms with Crippen molar-refractivity contribution in [2.75, 3.05) is 12.1 Å². The first-order valence-electron chi connectivity index (χ1n) is 3.99. The van der Waals surface area contributed by atoms with Crippen LogP contribution >= 0.6 is 11.6 Å². The quantitative estimate of drug-likeness (QED) is 0.342. The molecule has 78 valence electrons. The van der Waals surface area contributed by atoms with E-state index in [1.807, 2.05) is 0 Å². The maximum absolute atomic E-state index is 11.1. The van der Waals surface area contributed by atoms with Gasteiger partial charge in [-0.25, -0.2) is 15.6 Å². The van der Waals surface area contributed by atoms with Gasteiger partial charge < -0.3 is 4.74 Å². The fourth-order valence-electron chi connectivity index (χ4n) is 0.984. The van der Waals surface area contributed by atoms with Gasteiger partial charge >= 0.3 is 6.09 Å². The first kappa shape index (κ1) is 11.4. The second-order valence-corrected chi connectivity index (χ2v) is 3.06. The molecule has 0 spiro atoms. The van der Waals surface area contributed by atoms with E-state index in [4.69, 9.17) is 23.9 Å². The molecule has 4 nitrogen and oxygen atoms in total. The number of hydrogen-bond acceptors (Lipinski definition) is 3. The number of hydrazine groups is 1. The SMILES string of the molecule is C#Cc1ccc(Cl)c(N(N)C(=O)OC)c1. The predicted octanol–water partition coefficient (Wildman–Crippen LogP) is 1.77. The highest BCUT2D eigenvalue weighted by atomic mass is 35.5. The molecule has 0 saturated heterocycles. The van der Waals surface area contributed by atoms with Crippen LogP contribution in [0.5, 0.6) is 0 Å². The summed E-state index contributed by atoms with van der Waals surface area (Å²) in [4.78, 5) is 11.1. The van der Waals surface area contributed by atoms with Crippen LogP contribution in [0.4, 0.5) is 10.5 Å². The number of nitrogens with two attached hydrogens (primary N) is 1. The lowest BCUT2D eigenvalue weighted by atomic mass is 10.2. The Morgan fingerprint density at radius 3 is 2.87 bits per heavy atom. The van der Waals surface area contributed by atoms with Crippen molar-refractivity contribution in [1.29, 1.82) is 0 Å². The summed E-state index contributed by atoms with van der Waals surface area (Å²) in [5.41, 5.74) is 0.882. The summed E-state index contributed by atoms with van der Waals surface area (Å²) < 4.78 is 4.45. The van der Waals surface area contributed by atoms with Crippen LogP contribution in [0.15, 0.2) is 18.2 Å². The van der Waals surface area contributed by atoms with Gasteiger partial charge in [0.15, 0.2) is 0 Å². The highest BCUT2D eigenvalue weighted by Gasteiger charge is 2.15. The standard InChI is InChI=1S/C10H9ClN2O2/c1-3-7-4-5-8(11)9(6-7)13(12)10(14)15-2/h1,4-6H,12H2,2H3. The topological polar surface area (TPSA) is 55.6 Å². The highest BCUT2D eigenvalue weighted by molar-refractivity contribution is 6.33. The number of methoxy groups -OCH3 is 1. The van der Waals surface area contributed by atoms with Crippen molar-refractivity contribution >= 4 is 23.4 Å². The minimum absolute atomic E-state index is 0.305. The maximum atomic E-state index is 11.1. The molecule has 0 bridgehead atoms. The number of amides is 1. The minimum atomic E-state index is -0.717. The van der Waals surface area contributed by atoms with Gasteiger partial charge in [0.2, 0.25) is 0 Å². The van der Waals surface area contributed by atoms with Crippen molar-refractivity contribution in [2.45, 2.75) is 0 Å². The highest BCUT2D eigenvalue weighted by Crippen LogP contribution is 2.25. The van der Waals surface area contributed by atoms with Crippen LogP contribution in [-0.2, 0) is 4.74 Å². The first-order valence-corrected chi connectivity index (χ1v) is 4.37. The number of rotatable bonds is 1. The zero-order valence-corrected chi connectivity index (χ0v) is 8.78. The number of ether oxygens (including phenoxy) is 1. The number of hydrogen-bond donors (Lipinski definition) is 1. The Labute approximate surface area is 92.5 Å². The summed E-state index contributed by atoms with van der Waals surface area (Å²) in [6.45, 7) is 0. The molecule has 1 aromatic carbocycles. The number of carbonyl (C=O) groups is 1. The molecule has 0 unspecified atom stereocenters. The monoisotopic (exact) mass is 224 g/mol. The Hall–Kier alpha value is -1.70. The van der Waals surface area contributed by atoms with Gasteiger partial charge in [-0.1, -0.05) is 17.5 Å². The molecule has 0 aliphatic rings. The van der Waals surface area contributed by atoms with Gasteiger partial charge in [0.05, 0.1) is 17.8 Å². The van der Waals surface area contributed by atoms with Gasteiger partial charge in [-0.05, 0) is 18.2 Å². The lowest BCUT2D eigenvalue weighted by Crippen LogP contribution is -2.37. The third-order valence-corrected chi connectivity index (χ3v) is 2.06. The summed E-state index contributed by atoms with van der Waals surface area (Å²) >= 11 is 5.85. The molecule has 1 rings (SSSR count). The summed E-state index contributed by atoms with van der Waals surface area (Å²) in [7, 11) is 1.22. The van der Waals surface area contributed by atoms with Crippen molar-refractivity contribution in [3.05, 3.63) is 28.8 Å². The Morgan fingerprint density at radius 1 is 1.67 bits per heavy atom. The summed E-state index contributed by atoms with van der Waals surface area (Å²) in [6, 6.07) is 4.74. The second-order valence-electron chi connectivity index (χ2n) is 2.65. The van der Waals surface area contributed by atoms with Crippen LogP contribution in [0.2, 0.25) is 5.02 Å². The third kappa shape index (κ3) is 2.40.